The van der Waals surface area contributed by atoms with Crippen LogP contribution in [0.5, 0.6) is 5.75 Å². The molecule has 0 aliphatic rings. The summed E-state index contributed by atoms with van der Waals surface area (Å²) in [7, 11) is 3.26. The zero-order valence-electron chi connectivity index (χ0n) is 7.91. The van der Waals surface area contributed by atoms with E-state index in [1.165, 1.54) is 17.0 Å². The standard InChI is InChI=1S/C9H11ClN2O2/c1-12(2)9(14)11-8-4-3-6(13)5-7(8)10/h3-5,13H,1-2H3,(H,11,14). The van der Waals surface area contributed by atoms with Gasteiger partial charge in [0.15, 0.2) is 0 Å². The van der Waals surface area contributed by atoms with Crippen molar-refractivity contribution in [2.75, 3.05) is 19.4 Å². The van der Waals surface area contributed by atoms with E-state index in [-0.39, 0.29) is 11.8 Å². The minimum atomic E-state index is -0.266. The Morgan fingerprint density at radius 1 is 1.50 bits per heavy atom. The van der Waals surface area contributed by atoms with Crippen LogP contribution in [0.4, 0.5) is 10.5 Å². The third-order valence-corrected chi connectivity index (χ3v) is 1.91. The summed E-state index contributed by atoms with van der Waals surface area (Å²) in [5.41, 5.74) is 0.475. The van der Waals surface area contributed by atoms with Crippen molar-refractivity contribution in [2.45, 2.75) is 0 Å². The third-order valence-electron chi connectivity index (χ3n) is 1.60. The molecular weight excluding hydrogens is 204 g/mol. The number of anilines is 1. The minimum Gasteiger partial charge on any atom is -0.508 e. The number of nitrogens with one attached hydrogen (secondary N) is 1. The number of amides is 2. The molecule has 76 valence electrons. The van der Waals surface area contributed by atoms with Gasteiger partial charge < -0.3 is 15.3 Å². The van der Waals surface area contributed by atoms with Crippen molar-refractivity contribution in [1.82, 2.24) is 4.90 Å². The topological polar surface area (TPSA) is 52.6 Å². The molecule has 0 saturated carbocycles. The summed E-state index contributed by atoms with van der Waals surface area (Å²) in [6.45, 7) is 0. The van der Waals surface area contributed by atoms with Gasteiger partial charge in [0.05, 0.1) is 10.7 Å². The number of halogens is 1. The Kier molecular flexibility index (Phi) is 3.19. The van der Waals surface area contributed by atoms with E-state index >= 15 is 0 Å². The van der Waals surface area contributed by atoms with Gasteiger partial charge >= 0.3 is 6.03 Å². The molecule has 1 rings (SSSR count). The van der Waals surface area contributed by atoms with Gasteiger partial charge in [0, 0.05) is 20.2 Å². The molecule has 5 heteroatoms. The van der Waals surface area contributed by atoms with E-state index < -0.39 is 0 Å². The van der Waals surface area contributed by atoms with Crippen LogP contribution in [0, 0.1) is 0 Å². The molecule has 0 aliphatic heterocycles. The maximum atomic E-state index is 11.2. The van der Waals surface area contributed by atoms with Gasteiger partial charge in [-0.3, -0.25) is 0 Å². The number of phenols is 1. The Balaban J connectivity index is 2.82. The van der Waals surface area contributed by atoms with E-state index in [1.54, 1.807) is 20.2 Å². The normalized spacial score (nSPS) is 9.64. The average Bonchev–Trinajstić information content (AvgIpc) is 2.09. The van der Waals surface area contributed by atoms with E-state index in [1.807, 2.05) is 0 Å². The summed E-state index contributed by atoms with van der Waals surface area (Å²) in [5.74, 6) is 0.0675. The number of rotatable bonds is 1. The van der Waals surface area contributed by atoms with Crippen LogP contribution in [0.25, 0.3) is 0 Å². The first kappa shape index (κ1) is 10.7. The minimum absolute atomic E-state index is 0.0675. The fourth-order valence-electron chi connectivity index (χ4n) is 0.832. The largest absolute Gasteiger partial charge is 0.508 e. The third kappa shape index (κ3) is 2.53. The molecular formula is C9H11ClN2O2. The molecule has 14 heavy (non-hydrogen) atoms. The van der Waals surface area contributed by atoms with Crippen LogP contribution in [0.2, 0.25) is 5.02 Å². The summed E-state index contributed by atoms with van der Waals surface area (Å²) in [5, 5.41) is 12.0. The smallest absolute Gasteiger partial charge is 0.321 e. The number of hydrogen-bond acceptors (Lipinski definition) is 2. The molecule has 0 spiro atoms. The molecule has 0 saturated heterocycles. The van der Waals surface area contributed by atoms with Crippen molar-refractivity contribution >= 4 is 23.3 Å². The van der Waals surface area contributed by atoms with Crippen LogP contribution in [0.3, 0.4) is 0 Å². The quantitative estimate of drug-likeness (QED) is 0.704. The molecule has 0 aromatic heterocycles. The molecule has 0 fully saturated rings. The van der Waals surface area contributed by atoms with Crippen molar-refractivity contribution in [2.24, 2.45) is 0 Å². The highest BCUT2D eigenvalue weighted by molar-refractivity contribution is 6.33. The van der Waals surface area contributed by atoms with Gasteiger partial charge in [0.1, 0.15) is 5.75 Å². The number of urea groups is 1. The molecule has 0 unspecified atom stereocenters. The van der Waals surface area contributed by atoms with Gasteiger partial charge in [-0.15, -0.1) is 0 Å². The first-order valence-corrected chi connectivity index (χ1v) is 4.35. The van der Waals surface area contributed by atoms with Crippen LogP contribution >= 0.6 is 11.6 Å². The lowest BCUT2D eigenvalue weighted by Gasteiger charge is -2.12. The average molecular weight is 215 g/mol. The lowest BCUT2D eigenvalue weighted by Crippen LogP contribution is -2.27. The molecule has 2 amide bonds. The number of aromatic hydroxyl groups is 1. The maximum Gasteiger partial charge on any atom is 0.321 e. The molecule has 2 N–H and O–H groups in total. The van der Waals surface area contributed by atoms with Crippen LogP contribution in [-0.2, 0) is 0 Å². The number of phenolic OH excluding ortho intramolecular Hbond substituents is 1. The van der Waals surface area contributed by atoms with Gasteiger partial charge in [0.25, 0.3) is 0 Å². The zero-order valence-corrected chi connectivity index (χ0v) is 8.67. The predicted octanol–water partition coefficient (Wildman–Crippen LogP) is 2.14. The van der Waals surface area contributed by atoms with E-state index in [4.69, 9.17) is 16.7 Å². The Hall–Kier alpha value is -1.42. The fourth-order valence-corrected chi connectivity index (χ4v) is 1.05. The van der Waals surface area contributed by atoms with Gasteiger partial charge in [-0.1, -0.05) is 11.6 Å². The number of hydrogen-bond donors (Lipinski definition) is 2. The van der Waals surface area contributed by atoms with Gasteiger partial charge in [-0.05, 0) is 12.1 Å². The first-order valence-electron chi connectivity index (χ1n) is 3.97. The summed E-state index contributed by atoms with van der Waals surface area (Å²) < 4.78 is 0. The monoisotopic (exact) mass is 214 g/mol. The van der Waals surface area contributed by atoms with E-state index in [0.717, 1.165) is 0 Å². The van der Waals surface area contributed by atoms with E-state index in [2.05, 4.69) is 5.32 Å². The summed E-state index contributed by atoms with van der Waals surface area (Å²) in [6, 6.07) is 4.10. The number of carbonyl (C=O) groups is 1. The van der Waals surface area contributed by atoms with E-state index in [9.17, 15) is 4.79 Å². The van der Waals surface area contributed by atoms with Crippen LogP contribution in [0.15, 0.2) is 18.2 Å². The number of benzene rings is 1. The number of carbonyl (C=O) groups excluding carboxylic acids is 1. The molecule has 0 heterocycles. The Morgan fingerprint density at radius 3 is 2.64 bits per heavy atom. The number of nitrogens with zero attached hydrogens (tertiary/aromatic N) is 1. The molecule has 0 radical (unpaired) electrons. The van der Waals surface area contributed by atoms with Crippen LogP contribution in [0.1, 0.15) is 0 Å². The summed E-state index contributed by atoms with van der Waals surface area (Å²) >= 11 is 5.79. The van der Waals surface area contributed by atoms with Crippen molar-refractivity contribution in [3.63, 3.8) is 0 Å². The molecule has 1 aromatic rings. The van der Waals surface area contributed by atoms with Gasteiger partial charge in [-0.25, -0.2) is 4.79 Å². The highest BCUT2D eigenvalue weighted by atomic mass is 35.5. The second-order valence-electron chi connectivity index (χ2n) is 2.99. The van der Waals surface area contributed by atoms with Crippen molar-refractivity contribution in [3.05, 3.63) is 23.2 Å². The second-order valence-corrected chi connectivity index (χ2v) is 3.40. The molecule has 0 aliphatic carbocycles. The second kappa shape index (κ2) is 4.19. The van der Waals surface area contributed by atoms with Crippen LogP contribution in [-0.4, -0.2) is 30.1 Å². The van der Waals surface area contributed by atoms with Crippen molar-refractivity contribution < 1.29 is 9.90 Å². The Labute approximate surface area is 87.1 Å². The Bertz CT molecular complexity index is 353. The van der Waals surface area contributed by atoms with Gasteiger partial charge in [-0.2, -0.15) is 0 Å². The van der Waals surface area contributed by atoms with E-state index in [0.29, 0.717) is 10.7 Å². The lowest BCUT2D eigenvalue weighted by atomic mass is 10.3. The first-order chi connectivity index (χ1) is 6.50. The maximum absolute atomic E-state index is 11.2. The van der Waals surface area contributed by atoms with Gasteiger partial charge in [0.2, 0.25) is 0 Å². The lowest BCUT2D eigenvalue weighted by molar-refractivity contribution is 0.230. The molecule has 0 atom stereocenters. The molecule has 1 aromatic carbocycles. The predicted molar refractivity (Wildman–Crippen MR) is 55.8 cm³/mol. The summed E-state index contributed by atoms with van der Waals surface area (Å²) in [4.78, 5) is 12.6. The Morgan fingerprint density at radius 2 is 2.14 bits per heavy atom. The zero-order chi connectivity index (χ0) is 10.7. The highest BCUT2D eigenvalue weighted by Crippen LogP contribution is 2.25. The molecule has 0 bridgehead atoms. The van der Waals surface area contributed by atoms with Crippen molar-refractivity contribution in [3.8, 4) is 5.75 Å². The van der Waals surface area contributed by atoms with Crippen molar-refractivity contribution in [1.29, 1.82) is 0 Å². The highest BCUT2D eigenvalue weighted by Gasteiger charge is 2.07. The summed E-state index contributed by atoms with van der Waals surface area (Å²) in [6.07, 6.45) is 0. The fraction of sp³-hybridized carbons (Fsp3) is 0.222. The van der Waals surface area contributed by atoms with Crippen LogP contribution < -0.4 is 5.32 Å². The SMILES string of the molecule is CN(C)C(=O)Nc1ccc(O)cc1Cl. The molecule has 4 nitrogen and oxygen atoms in total.